The zero-order chi connectivity index (χ0) is 13.8. The fraction of sp³-hybridized carbons (Fsp3) is 0.625. The van der Waals surface area contributed by atoms with Crippen LogP contribution >= 0.6 is 0 Å². The third kappa shape index (κ3) is 8.62. The van der Waals surface area contributed by atoms with Crippen LogP contribution in [0.1, 0.15) is 37.7 Å². The third-order valence-electron chi connectivity index (χ3n) is 3.05. The minimum Gasteiger partial charge on any atom is -0.494 e. The standard InChI is InChI=1S/C16H27NO2/c1-15-7-9-16(10-8-15)19-14-5-3-2-4-11-17-12-6-13-18/h7-10,17-18H,2-6,11-14H2,1H3. The maximum Gasteiger partial charge on any atom is 0.119 e. The predicted molar refractivity (Wildman–Crippen MR) is 79.7 cm³/mol. The molecule has 0 saturated carbocycles. The maximum atomic E-state index is 8.62. The molecule has 108 valence electrons. The molecule has 0 bridgehead atoms. The van der Waals surface area contributed by atoms with Gasteiger partial charge in [-0.3, -0.25) is 0 Å². The number of aliphatic hydroxyl groups excluding tert-OH is 1. The van der Waals surface area contributed by atoms with Gasteiger partial charge in [-0.2, -0.15) is 0 Å². The quantitative estimate of drug-likeness (QED) is 0.604. The van der Waals surface area contributed by atoms with Gasteiger partial charge >= 0.3 is 0 Å². The number of nitrogens with one attached hydrogen (secondary N) is 1. The molecule has 3 nitrogen and oxygen atoms in total. The smallest absolute Gasteiger partial charge is 0.119 e. The lowest BCUT2D eigenvalue weighted by atomic mass is 10.2. The van der Waals surface area contributed by atoms with Gasteiger partial charge in [0.15, 0.2) is 0 Å². The Morgan fingerprint density at radius 1 is 0.947 bits per heavy atom. The molecule has 0 aromatic heterocycles. The highest BCUT2D eigenvalue weighted by molar-refractivity contribution is 5.26. The first-order chi connectivity index (χ1) is 9.33. The summed E-state index contributed by atoms with van der Waals surface area (Å²) in [6.07, 6.45) is 5.63. The third-order valence-corrected chi connectivity index (χ3v) is 3.05. The van der Waals surface area contributed by atoms with E-state index in [4.69, 9.17) is 9.84 Å². The van der Waals surface area contributed by atoms with Gasteiger partial charge in [0, 0.05) is 6.61 Å². The maximum absolute atomic E-state index is 8.62. The molecular formula is C16H27NO2. The summed E-state index contributed by atoms with van der Waals surface area (Å²) in [5.74, 6) is 0.969. The SMILES string of the molecule is Cc1ccc(OCCCCCCNCCCO)cc1. The first-order valence-corrected chi connectivity index (χ1v) is 7.34. The van der Waals surface area contributed by atoms with Crippen molar-refractivity contribution in [2.75, 3.05) is 26.3 Å². The van der Waals surface area contributed by atoms with Crippen molar-refractivity contribution in [2.45, 2.75) is 39.0 Å². The molecule has 3 heteroatoms. The molecule has 2 N–H and O–H groups in total. The van der Waals surface area contributed by atoms with Crippen molar-refractivity contribution in [3.05, 3.63) is 29.8 Å². The second-order valence-electron chi connectivity index (χ2n) is 4.90. The highest BCUT2D eigenvalue weighted by Gasteiger charge is 1.94. The number of ether oxygens (including phenoxy) is 1. The van der Waals surface area contributed by atoms with Gasteiger partial charge in [0.05, 0.1) is 6.61 Å². The van der Waals surface area contributed by atoms with E-state index in [2.05, 4.69) is 24.4 Å². The number of aryl methyl sites for hydroxylation is 1. The molecule has 0 spiro atoms. The van der Waals surface area contributed by atoms with E-state index in [9.17, 15) is 0 Å². The van der Waals surface area contributed by atoms with Crippen LogP contribution in [-0.4, -0.2) is 31.4 Å². The van der Waals surface area contributed by atoms with Crippen molar-refractivity contribution in [3.63, 3.8) is 0 Å². The number of unbranched alkanes of at least 4 members (excludes halogenated alkanes) is 3. The molecule has 0 aliphatic rings. The molecule has 0 radical (unpaired) electrons. The Hall–Kier alpha value is -1.06. The Morgan fingerprint density at radius 3 is 2.37 bits per heavy atom. The molecule has 0 heterocycles. The van der Waals surface area contributed by atoms with Gasteiger partial charge in [0.1, 0.15) is 5.75 Å². The second kappa shape index (κ2) is 10.8. The van der Waals surface area contributed by atoms with Crippen LogP contribution in [0, 0.1) is 6.92 Å². The lowest BCUT2D eigenvalue weighted by Gasteiger charge is -2.06. The summed E-state index contributed by atoms with van der Waals surface area (Å²) in [6, 6.07) is 8.21. The predicted octanol–water partition coefficient (Wildman–Crippen LogP) is 2.91. The number of benzene rings is 1. The Kier molecular flexibility index (Phi) is 9.11. The molecule has 1 aromatic carbocycles. The minimum absolute atomic E-state index is 0.281. The van der Waals surface area contributed by atoms with Gasteiger partial charge in [-0.1, -0.05) is 30.5 Å². The summed E-state index contributed by atoms with van der Waals surface area (Å²) in [4.78, 5) is 0. The van der Waals surface area contributed by atoms with Gasteiger partial charge in [-0.25, -0.2) is 0 Å². The van der Waals surface area contributed by atoms with Crippen LogP contribution in [0.25, 0.3) is 0 Å². The zero-order valence-electron chi connectivity index (χ0n) is 12.0. The van der Waals surface area contributed by atoms with E-state index in [1.165, 1.54) is 24.8 Å². The van der Waals surface area contributed by atoms with Crippen LogP contribution in [0.5, 0.6) is 5.75 Å². The molecular weight excluding hydrogens is 238 g/mol. The van der Waals surface area contributed by atoms with E-state index in [0.29, 0.717) is 0 Å². The molecule has 1 aromatic rings. The van der Waals surface area contributed by atoms with Crippen molar-refractivity contribution >= 4 is 0 Å². The normalized spacial score (nSPS) is 10.6. The van der Waals surface area contributed by atoms with Crippen LogP contribution in [0.2, 0.25) is 0 Å². The van der Waals surface area contributed by atoms with E-state index in [1.807, 2.05) is 12.1 Å². The van der Waals surface area contributed by atoms with Crippen LogP contribution in [-0.2, 0) is 0 Å². The average Bonchev–Trinajstić information content (AvgIpc) is 2.43. The van der Waals surface area contributed by atoms with Gasteiger partial charge in [-0.15, -0.1) is 0 Å². The molecule has 0 atom stereocenters. The highest BCUT2D eigenvalue weighted by atomic mass is 16.5. The zero-order valence-corrected chi connectivity index (χ0v) is 12.0. The van der Waals surface area contributed by atoms with E-state index in [-0.39, 0.29) is 6.61 Å². The van der Waals surface area contributed by atoms with Crippen molar-refractivity contribution < 1.29 is 9.84 Å². The molecule has 0 unspecified atom stereocenters. The molecule has 0 aliphatic heterocycles. The topological polar surface area (TPSA) is 41.5 Å². The number of hydrogen-bond acceptors (Lipinski definition) is 3. The Bertz CT molecular complexity index is 311. The Labute approximate surface area is 117 Å². The van der Waals surface area contributed by atoms with Crippen molar-refractivity contribution in [1.29, 1.82) is 0 Å². The number of rotatable bonds is 11. The summed E-state index contributed by atoms with van der Waals surface area (Å²) in [6.45, 7) is 5.15. The Morgan fingerprint density at radius 2 is 1.63 bits per heavy atom. The fourth-order valence-electron chi connectivity index (χ4n) is 1.86. The van der Waals surface area contributed by atoms with Crippen LogP contribution in [0.4, 0.5) is 0 Å². The molecule has 19 heavy (non-hydrogen) atoms. The largest absolute Gasteiger partial charge is 0.494 e. The minimum atomic E-state index is 0.281. The Balaban J connectivity index is 1.87. The van der Waals surface area contributed by atoms with E-state index >= 15 is 0 Å². The number of aliphatic hydroxyl groups is 1. The summed E-state index contributed by atoms with van der Waals surface area (Å²) in [5.41, 5.74) is 1.26. The van der Waals surface area contributed by atoms with Gasteiger partial charge in [0.2, 0.25) is 0 Å². The van der Waals surface area contributed by atoms with E-state index < -0.39 is 0 Å². The van der Waals surface area contributed by atoms with Crippen LogP contribution < -0.4 is 10.1 Å². The molecule has 0 saturated heterocycles. The summed E-state index contributed by atoms with van der Waals surface area (Å²) in [5, 5.41) is 11.9. The fourth-order valence-corrected chi connectivity index (χ4v) is 1.86. The average molecular weight is 265 g/mol. The summed E-state index contributed by atoms with van der Waals surface area (Å²) >= 11 is 0. The summed E-state index contributed by atoms with van der Waals surface area (Å²) < 4.78 is 5.68. The molecule has 0 fully saturated rings. The van der Waals surface area contributed by atoms with E-state index in [0.717, 1.165) is 38.3 Å². The molecule has 0 aliphatic carbocycles. The lowest BCUT2D eigenvalue weighted by Crippen LogP contribution is -2.17. The molecule has 1 rings (SSSR count). The van der Waals surface area contributed by atoms with Gasteiger partial charge in [-0.05, 0) is 51.4 Å². The molecule has 0 amide bonds. The monoisotopic (exact) mass is 265 g/mol. The highest BCUT2D eigenvalue weighted by Crippen LogP contribution is 2.12. The first kappa shape index (κ1) is 16.0. The second-order valence-corrected chi connectivity index (χ2v) is 4.90. The number of hydrogen-bond donors (Lipinski definition) is 2. The van der Waals surface area contributed by atoms with Gasteiger partial charge < -0.3 is 15.2 Å². The van der Waals surface area contributed by atoms with Crippen LogP contribution in [0.15, 0.2) is 24.3 Å². The van der Waals surface area contributed by atoms with Crippen molar-refractivity contribution in [3.8, 4) is 5.75 Å². The van der Waals surface area contributed by atoms with Gasteiger partial charge in [0.25, 0.3) is 0 Å². The van der Waals surface area contributed by atoms with Crippen LogP contribution in [0.3, 0.4) is 0 Å². The first-order valence-electron chi connectivity index (χ1n) is 7.34. The van der Waals surface area contributed by atoms with E-state index in [1.54, 1.807) is 0 Å². The van der Waals surface area contributed by atoms with Crippen molar-refractivity contribution in [2.24, 2.45) is 0 Å². The van der Waals surface area contributed by atoms with Crippen molar-refractivity contribution in [1.82, 2.24) is 5.32 Å². The lowest BCUT2D eigenvalue weighted by molar-refractivity contribution is 0.285. The summed E-state index contributed by atoms with van der Waals surface area (Å²) in [7, 11) is 0.